The third kappa shape index (κ3) is 7.00. The van der Waals surface area contributed by atoms with Crippen LogP contribution in [0.1, 0.15) is 29.2 Å². The molecule has 1 saturated heterocycles. The summed E-state index contributed by atoms with van der Waals surface area (Å²) in [5.41, 5.74) is 11.7. The first-order valence-corrected chi connectivity index (χ1v) is 12.6. The fraction of sp³-hybridized carbons (Fsp3) is 0.185. The van der Waals surface area contributed by atoms with Gasteiger partial charge in [0.2, 0.25) is 0 Å². The molecule has 1 aliphatic heterocycles. The fourth-order valence-electron chi connectivity index (χ4n) is 3.67. The maximum Gasteiger partial charge on any atom is 0.573 e. The van der Waals surface area contributed by atoms with E-state index in [2.05, 4.69) is 61.9 Å². The second-order valence-corrected chi connectivity index (χ2v) is 9.10. The predicted octanol–water partition coefficient (Wildman–Crippen LogP) is 6.42. The van der Waals surface area contributed by atoms with Crippen molar-refractivity contribution in [3.8, 4) is 5.75 Å². The van der Waals surface area contributed by atoms with Crippen molar-refractivity contribution in [3.05, 3.63) is 89.0 Å². The molecule has 0 bridgehead atoms. The van der Waals surface area contributed by atoms with E-state index in [1.807, 2.05) is 12.1 Å². The minimum atomic E-state index is -4.74. The molecule has 1 aliphatic rings. The number of anilines is 1. The monoisotopic (exact) mass is 538 g/mol. The van der Waals surface area contributed by atoms with Crippen molar-refractivity contribution in [1.29, 1.82) is 0 Å². The third-order valence-corrected chi connectivity index (χ3v) is 6.50. The van der Waals surface area contributed by atoms with Crippen LogP contribution >= 0.6 is 11.8 Å². The number of benzene rings is 3. The topological polar surface area (TPSA) is 87.9 Å². The van der Waals surface area contributed by atoms with Crippen LogP contribution in [-0.2, 0) is 6.42 Å². The first-order valence-electron chi connectivity index (χ1n) is 11.7. The third-order valence-electron chi connectivity index (χ3n) is 5.56. The molecule has 7 nitrogen and oxygen atoms in total. The largest absolute Gasteiger partial charge is 0.573 e. The number of alkyl halides is 3. The lowest BCUT2D eigenvalue weighted by Gasteiger charge is -2.35. The zero-order valence-electron chi connectivity index (χ0n) is 20.7. The summed E-state index contributed by atoms with van der Waals surface area (Å²) >= 11 is 1.65. The lowest BCUT2D eigenvalue weighted by Crippen LogP contribution is -2.39. The zero-order valence-corrected chi connectivity index (χ0v) is 21.5. The predicted molar refractivity (Wildman–Crippen MR) is 149 cm³/mol. The van der Waals surface area contributed by atoms with Gasteiger partial charge in [0.15, 0.2) is 5.17 Å². The average Bonchev–Trinajstić information content (AvgIpc) is 2.87. The molecule has 0 amide bonds. The Balaban J connectivity index is 1.35. The number of nitrogens with two attached hydrogens (primary N) is 1. The molecule has 0 spiro atoms. The van der Waals surface area contributed by atoms with E-state index >= 15 is 0 Å². The number of halogens is 3. The summed E-state index contributed by atoms with van der Waals surface area (Å²) in [6.07, 6.45) is -0.878. The molecule has 0 unspecified atom stereocenters. The van der Waals surface area contributed by atoms with Gasteiger partial charge in [0, 0.05) is 11.3 Å². The van der Waals surface area contributed by atoms with Gasteiger partial charge in [-0.25, -0.2) is 9.98 Å². The molecule has 196 valence electrons. The van der Waals surface area contributed by atoms with Crippen LogP contribution in [0.15, 0.2) is 86.9 Å². The molecule has 4 rings (SSSR count). The summed E-state index contributed by atoms with van der Waals surface area (Å²) in [6, 6.07) is 18.7. The molecule has 3 aromatic rings. The molecule has 11 heteroatoms. The Bertz CT molecular complexity index is 1380. The van der Waals surface area contributed by atoms with Gasteiger partial charge in [-0.05, 0) is 54.3 Å². The van der Waals surface area contributed by atoms with Crippen LogP contribution in [0.5, 0.6) is 5.75 Å². The van der Waals surface area contributed by atoms with Gasteiger partial charge in [0.25, 0.3) is 0 Å². The van der Waals surface area contributed by atoms with Crippen molar-refractivity contribution in [1.82, 2.24) is 0 Å². The van der Waals surface area contributed by atoms with Gasteiger partial charge < -0.3 is 15.4 Å². The number of thioether (sulfide) groups is 1. The Morgan fingerprint density at radius 3 is 2.45 bits per heavy atom. The summed E-state index contributed by atoms with van der Waals surface area (Å²) in [7, 11) is 0. The summed E-state index contributed by atoms with van der Waals surface area (Å²) in [5, 5.41) is 9.51. The molecule has 0 aromatic heterocycles. The fourth-order valence-corrected chi connectivity index (χ4v) is 4.37. The lowest BCUT2D eigenvalue weighted by molar-refractivity contribution is -0.274. The van der Waals surface area contributed by atoms with Crippen LogP contribution in [0.4, 0.5) is 24.5 Å². The number of hydrogen-bond acceptors (Lipinski definition) is 5. The van der Waals surface area contributed by atoms with Gasteiger partial charge >= 0.3 is 6.36 Å². The Labute approximate surface area is 222 Å². The minimum Gasteiger partial charge on any atom is -0.406 e. The second kappa shape index (κ2) is 12.0. The van der Waals surface area contributed by atoms with Crippen molar-refractivity contribution < 1.29 is 17.9 Å². The Hall–Kier alpha value is -4.12. The van der Waals surface area contributed by atoms with E-state index in [1.54, 1.807) is 30.1 Å². The molecule has 0 aliphatic carbocycles. The highest BCUT2D eigenvalue weighted by Crippen LogP contribution is 2.35. The van der Waals surface area contributed by atoms with E-state index < -0.39 is 6.36 Å². The number of ether oxygens (including phenoxy) is 1. The quantitative estimate of drug-likeness (QED) is 0.204. The second-order valence-electron chi connectivity index (χ2n) is 8.19. The van der Waals surface area contributed by atoms with Gasteiger partial charge in [0.05, 0.1) is 17.8 Å². The first-order chi connectivity index (χ1) is 18.2. The van der Waals surface area contributed by atoms with E-state index in [0.29, 0.717) is 11.3 Å². The van der Waals surface area contributed by atoms with Crippen molar-refractivity contribution in [2.24, 2.45) is 25.9 Å². The van der Waals surface area contributed by atoms with Crippen molar-refractivity contribution in [2.75, 3.05) is 10.8 Å². The molecule has 1 fully saturated rings. The highest BCUT2D eigenvalue weighted by Gasteiger charge is 2.31. The van der Waals surface area contributed by atoms with Crippen molar-refractivity contribution in [3.63, 3.8) is 0 Å². The summed E-state index contributed by atoms with van der Waals surface area (Å²) < 4.78 is 40.5. The minimum absolute atomic E-state index is 0.237. The van der Waals surface area contributed by atoms with Gasteiger partial charge in [-0.3, -0.25) is 0 Å². The molecule has 3 aromatic carbocycles. The van der Waals surface area contributed by atoms with Crippen LogP contribution in [0.2, 0.25) is 0 Å². The van der Waals surface area contributed by atoms with Gasteiger partial charge in [-0.1, -0.05) is 61.2 Å². The summed E-state index contributed by atoms with van der Waals surface area (Å²) in [6.45, 7) is 4.25. The highest BCUT2D eigenvalue weighted by molar-refractivity contribution is 8.16. The molecule has 0 atom stereocenters. The smallest absolute Gasteiger partial charge is 0.406 e. The molecule has 1 heterocycles. The van der Waals surface area contributed by atoms with E-state index in [0.717, 1.165) is 23.0 Å². The SMILES string of the molecule is CCc1cccc(C)c1N1CS/C1=N\N=C\c1ccc(C(N)=NC=Nc2ccc(OC(F)(F)F)cc2)cc1. The lowest BCUT2D eigenvalue weighted by atomic mass is 10.1. The Kier molecular flexibility index (Phi) is 8.47. The number of nitrogens with zero attached hydrogens (tertiary/aromatic N) is 5. The average molecular weight is 539 g/mol. The summed E-state index contributed by atoms with van der Waals surface area (Å²) in [4.78, 5) is 10.3. The highest BCUT2D eigenvalue weighted by atomic mass is 32.2. The van der Waals surface area contributed by atoms with Crippen LogP contribution < -0.4 is 15.4 Å². The van der Waals surface area contributed by atoms with Crippen molar-refractivity contribution in [2.45, 2.75) is 26.6 Å². The van der Waals surface area contributed by atoms with Crippen LogP contribution in [0, 0.1) is 6.92 Å². The molecule has 0 radical (unpaired) electrons. The van der Waals surface area contributed by atoms with Gasteiger partial charge in [-0.2, -0.15) is 5.10 Å². The Morgan fingerprint density at radius 2 is 1.82 bits per heavy atom. The van der Waals surface area contributed by atoms with E-state index in [1.165, 1.54) is 47.4 Å². The van der Waals surface area contributed by atoms with Gasteiger partial charge in [0.1, 0.15) is 17.9 Å². The van der Waals surface area contributed by atoms with Crippen LogP contribution in [0.25, 0.3) is 0 Å². The molecular weight excluding hydrogens is 513 g/mol. The first kappa shape index (κ1) is 26.9. The maximum absolute atomic E-state index is 12.2. The number of para-hydroxylation sites is 1. The normalized spacial score (nSPS) is 15.4. The van der Waals surface area contributed by atoms with E-state index in [-0.39, 0.29) is 11.6 Å². The molecule has 38 heavy (non-hydrogen) atoms. The van der Waals surface area contributed by atoms with Crippen LogP contribution in [-0.4, -0.2) is 35.8 Å². The van der Waals surface area contributed by atoms with E-state index in [4.69, 9.17) is 5.73 Å². The number of rotatable bonds is 8. The van der Waals surface area contributed by atoms with Gasteiger partial charge in [-0.15, -0.1) is 18.3 Å². The molecule has 2 N–H and O–H groups in total. The van der Waals surface area contributed by atoms with Crippen molar-refractivity contribution >= 4 is 46.7 Å². The number of amidine groups is 2. The number of hydrogen-bond donors (Lipinski definition) is 1. The number of aliphatic imine (C=N–C) groups is 2. The summed E-state index contributed by atoms with van der Waals surface area (Å²) in [5.74, 6) is 0.761. The zero-order chi connectivity index (χ0) is 27.1. The Morgan fingerprint density at radius 1 is 1.08 bits per heavy atom. The molecular formula is C27H25F3N6OS. The maximum atomic E-state index is 12.2. The van der Waals surface area contributed by atoms with Crippen LogP contribution in [0.3, 0.4) is 0 Å². The van der Waals surface area contributed by atoms with E-state index in [9.17, 15) is 13.2 Å². The molecule has 0 saturated carbocycles. The standard InChI is InChI=1S/C27H25F3N6OS/c1-3-20-6-4-5-18(2)24(20)36-17-38-26(36)35-34-15-19-7-9-21(10-8-19)25(31)33-16-32-22-11-13-23(14-12-22)37-27(28,29)30/h4-16H,3,17H2,1-2H3,(H2,31,32,33)/b34-15+,35-26-. The number of aryl methyl sites for hydroxylation is 2.